The number of hydrogen-bond donors (Lipinski definition) is 1. The van der Waals surface area contributed by atoms with Gasteiger partial charge in [0, 0.05) is 19.6 Å². The quantitative estimate of drug-likeness (QED) is 0.753. The Morgan fingerprint density at radius 2 is 2.05 bits per heavy atom. The third-order valence-electron chi connectivity index (χ3n) is 3.43. The number of nitrogens with one attached hydrogen (secondary N) is 1. The standard InChI is InChI=1S/C16H21N3O3/c17-12-14-2-4-15(5-3-14)22-13-16(20)18-6-1-7-19-8-10-21-11-9-19/h2-5H,1,6-11,13H2,(H,18,20). The molecule has 118 valence electrons. The van der Waals surface area contributed by atoms with E-state index in [1.807, 2.05) is 6.07 Å². The molecule has 6 heteroatoms. The number of morpholine rings is 1. The summed E-state index contributed by atoms with van der Waals surface area (Å²) in [5.74, 6) is 0.453. The average Bonchev–Trinajstić information content (AvgIpc) is 2.58. The second-order valence-electron chi connectivity index (χ2n) is 5.08. The Balaban J connectivity index is 1.56. The van der Waals surface area contributed by atoms with Gasteiger partial charge in [0.05, 0.1) is 24.8 Å². The number of nitrogens with zero attached hydrogens (tertiary/aromatic N) is 2. The molecule has 1 saturated heterocycles. The number of rotatable bonds is 7. The summed E-state index contributed by atoms with van der Waals surface area (Å²) in [6.07, 6.45) is 0.919. The molecule has 6 nitrogen and oxygen atoms in total. The maximum atomic E-state index is 11.7. The highest BCUT2D eigenvalue weighted by Gasteiger charge is 2.09. The molecule has 0 saturated carbocycles. The maximum Gasteiger partial charge on any atom is 0.257 e. The topological polar surface area (TPSA) is 74.6 Å². The van der Waals surface area contributed by atoms with Gasteiger partial charge in [0.2, 0.25) is 0 Å². The molecule has 1 aliphatic rings. The van der Waals surface area contributed by atoms with Gasteiger partial charge in [-0.1, -0.05) is 0 Å². The first-order valence-electron chi connectivity index (χ1n) is 7.48. The maximum absolute atomic E-state index is 11.7. The smallest absolute Gasteiger partial charge is 0.257 e. The van der Waals surface area contributed by atoms with Crippen molar-refractivity contribution >= 4 is 5.91 Å². The van der Waals surface area contributed by atoms with E-state index in [0.717, 1.165) is 39.3 Å². The van der Waals surface area contributed by atoms with Gasteiger partial charge in [0.25, 0.3) is 5.91 Å². The van der Waals surface area contributed by atoms with Crippen LogP contribution in [0.4, 0.5) is 0 Å². The van der Waals surface area contributed by atoms with Gasteiger partial charge < -0.3 is 14.8 Å². The van der Waals surface area contributed by atoms with Crippen LogP contribution in [0.25, 0.3) is 0 Å². The fourth-order valence-electron chi connectivity index (χ4n) is 2.18. The third kappa shape index (κ3) is 5.72. The van der Waals surface area contributed by atoms with Crippen LogP contribution >= 0.6 is 0 Å². The van der Waals surface area contributed by atoms with Crippen molar-refractivity contribution in [3.8, 4) is 11.8 Å². The zero-order valence-electron chi connectivity index (χ0n) is 12.6. The monoisotopic (exact) mass is 303 g/mol. The summed E-state index contributed by atoms with van der Waals surface area (Å²) in [6, 6.07) is 8.73. The second kappa shape index (κ2) is 9.03. The van der Waals surface area contributed by atoms with Gasteiger partial charge in [-0.25, -0.2) is 0 Å². The van der Waals surface area contributed by atoms with E-state index in [1.54, 1.807) is 24.3 Å². The third-order valence-corrected chi connectivity index (χ3v) is 3.43. The Morgan fingerprint density at radius 1 is 1.32 bits per heavy atom. The van der Waals surface area contributed by atoms with E-state index in [-0.39, 0.29) is 12.5 Å². The minimum absolute atomic E-state index is 0.0105. The van der Waals surface area contributed by atoms with E-state index in [1.165, 1.54) is 0 Å². The molecule has 1 fully saturated rings. The number of carbonyl (C=O) groups excluding carboxylic acids is 1. The highest BCUT2D eigenvalue weighted by atomic mass is 16.5. The molecule has 0 aromatic heterocycles. The van der Waals surface area contributed by atoms with Gasteiger partial charge in [-0.2, -0.15) is 5.26 Å². The van der Waals surface area contributed by atoms with Crippen molar-refractivity contribution in [2.75, 3.05) is 46.0 Å². The molecule has 0 spiro atoms. The zero-order valence-corrected chi connectivity index (χ0v) is 12.6. The van der Waals surface area contributed by atoms with E-state index in [9.17, 15) is 4.79 Å². The van der Waals surface area contributed by atoms with Crippen LogP contribution in [0.5, 0.6) is 5.75 Å². The predicted molar refractivity (Wildman–Crippen MR) is 81.5 cm³/mol. The number of amides is 1. The van der Waals surface area contributed by atoms with Crippen LogP contribution < -0.4 is 10.1 Å². The lowest BCUT2D eigenvalue weighted by Crippen LogP contribution is -2.38. The summed E-state index contributed by atoms with van der Waals surface area (Å²) >= 11 is 0. The van der Waals surface area contributed by atoms with Crippen LogP contribution in [0.3, 0.4) is 0 Å². The summed E-state index contributed by atoms with van der Waals surface area (Å²) in [6.45, 7) is 5.14. The molecule has 22 heavy (non-hydrogen) atoms. The number of ether oxygens (including phenoxy) is 2. The fraction of sp³-hybridized carbons (Fsp3) is 0.500. The van der Waals surface area contributed by atoms with E-state index in [2.05, 4.69) is 10.2 Å². The van der Waals surface area contributed by atoms with Gasteiger partial charge >= 0.3 is 0 Å². The van der Waals surface area contributed by atoms with Gasteiger partial charge in [-0.05, 0) is 37.2 Å². The number of nitriles is 1. The highest BCUT2D eigenvalue weighted by molar-refractivity contribution is 5.77. The minimum Gasteiger partial charge on any atom is -0.484 e. The van der Waals surface area contributed by atoms with Gasteiger partial charge in [0.1, 0.15) is 5.75 Å². The van der Waals surface area contributed by atoms with Crippen LogP contribution in [-0.2, 0) is 9.53 Å². The molecule has 0 radical (unpaired) electrons. The largest absolute Gasteiger partial charge is 0.484 e. The summed E-state index contributed by atoms with van der Waals surface area (Å²) in [7, 11) is 0. The van der Waals surface area contributed by atoms with Crippen LogP contribution in [0.1, 0.15) is 12.0 Å². The lowest BCUT2D eigenvalue weighted by Gasteiger charge is -2.26. The van der Waals surface area contributed by atoms with Crippen molar-refractivity contribution < 1.29 is 14.3 Å². The molecule has 1 aromatic rings. The Kier molecular flexibility index (Phi) is 6.68. The number of hydrogen-bond acceptors (Lipinski definition) is 5. The lowest BCUT2D eigenvalue weighted by molar-refractivity contribution is -0.123. The van der Waals surface area contributed by atoms with E-state index in [0.29, 0.717) is 17.9 Å². The van der Waals surface area contributed by atoms with Crippen molar-refractivity contribution in [2.45, 2.75) is 6.42 Å². The first kappa shape index (κ1) is 16.3. The van der Waals surface area contributed by atoms with Gasteiger partial charge in [0.15, 0.2) is 6.61 Å². The molecule has 0 atom stereocenters. The number of benzene rings is 1. The van der Waals surface area contributed by atoms with E-state index < -0.39 is 0 Å². The molecular formula is C16H21N3O3. The molecule has 1 aliphatic heterocycles. The normalized spacial score (nSPS) is 15.0. The van der Waals surface area contributed by atoms with Gasteiger partial charge in [-0.15, -0.1) is 0 Å². The van der Waals surface area contributed by atoms with Crippen molar-refractivity contribution in [3.05, 3.63) is 29.8 Å². The Morgan fingerprint density at radius 3 is 2.73 bits per heavy atom. The minimum atomic E-state index is -0.133. The molecule has 0 aliphatic carbocycles. The van der Waals surface area contributed by atoms with Crippen molar-refractivity contribution in [3.63, 3.8) is 0 Å². The zero-order chi connectivity index (χ0) is 15.6. The van der Waals surface area contributed by atoms with Gasteiger partial charge in [-0.3, -0.25) is 9.69 Å². The molecule has 1 amide bonds. The van der Waals surface area contributed by atoms with Crippen molar-refractivity contribution in [1.82, 2.24) is 10.2 Å². The van der Waals surface area contributed by atoms with E-state index >= 15 is 0 Å². The van der Waals surface area contributed by atoms with E-state index in [4.69, 9.17) is 14.7 Å². The fourth-order valence-corrected chi connectivity index (χ4v) is 2.18. The molecular weight excluding hydrogens is 282 g/mol. The molecule has 1 aromatic carbocycles. The predicted octanol–water partition coefficient (Wildman–Crippen LogP) is 0.776. The van der Waals surface area contributed by atoms with Crippen molar-refractivity contribution in [1.29, 1.82) is 5.26 Å². The molecule has 0 unspecified atom stereocenters. The Labute approximate surface area is 130 Å². The summed E-state index contributed by atoms with van der Waals surface area (Å²) < 4.78 is 10.7. The molecule has 1 N–H and O–H groups in total. The highest BCUT2D eigenvalue weighted by Crippen LogP contribution is 2.11. The number of carbonyl (C=O) groups is 1. The summed E-state index contributed by atoms with van der Waals surface area (Å²) in [5.41, 5.74) is 0.569. The van der Waals surface area contributed by atoms with Crippen LogP contribution in [0.2, 0.25) is 0 Å². The lowest BCUT2D eigenvalue weighted by atomic mass is 10.2. The second-order valence-corrected chi connectivity index (χ2v) is 5.08. The summed E-state index contributed by atoms with van der Waals surface area (Å²) in [4.78, 5) is 14.0. The first-order chi connectivity index (χ1) is 10.8. The van der Waals surface area contributed by atoms with Crippen molar-refractivity contribution in [2.24, 2.45) is 0 Å². The average molecular weight is 303 g/mol. The molecule has 0 bridgehead atoms. The molecule has 2 rings (SSSR count). The SMILES string of the molecule is N#Cc1ccc(OCC(=O)NCCCN2CCOCC2)cc1. The molecule has 1 heterocycles. The Hall–Kier alpha value is -2.10. The van der Waals surface area contributed by atoms with Crippen LogP contribution in [-0.4, -0.2) is 56.8 Å². The first-order valence-corrected chi connectivity index (χ1v) is 7.48. The Bertz CT molecular complexity index is 504. The van der Waals surface area contributed by atoms with Crippen LogP contribution in [0, 0.1) is 11.3 Å². The van der Waals surface area contributed by atoms with Crippen LogP contribution in [0.15, 0.2) is 24.3 Å². The summed E-state index contributed by atoms with van der Waals surface area (Å²) in [5, 5.41) is 11.5.